The molecule has 1 aliphatic rings. The van der Waals surface area contributed by atoms with Gasteiger partial charge in [0.25, 0.3) is 5.91 Å². The quantitative estimate of drug-likeness (QED) is 0.841. The summed E-state index contributed by atoms with van der Waals surface area (Å²) in [5.74, 6) is 1.03. The van der Waals surface area contributed by atoms with Crippen LogP contribution in [0.2, 0.25) is 5.02 Å². The van der Waals surface area contributed by atoms with Crippen LogP contribution in [0.15, 0.2) is 36.9 Å². The highest BCUT2D eigenvalue weighted by atomic mass is 35.5. The lowest BCUT2D eigenvalue weighted by atomic mass is 9.96. The zero-order chi connectivity index (χ0) is 16.4. The van der Waals surface area contributed by atoms with Crippen LogP contribution in [-0.4, -0.2) is 44.3 Å². The minimum atomic E-state index is -0.911. The molecule has 23 heavy (non-hydrogen) atoms. The first-order chi connectivity index (χ1) is 10.9. The van der Waals surface area contributed by atoms with Crippen molar-refractivity contribution in [2.45, 2.75) is 26.0 Å². The number of aromatic nitrogens is 3. The fraction of sp³-hybridized carbons (Fsp3) is 0.438. The number of ether oxygens (including phenoxy) is 1. The second kappa shape index (κ2) is 6.20. The van der Waals surface area contributed by atoms with E-state index in [0.29, 0.717) is 29.8 Å². The number of amides is 1. The van der Waals surface area contributed by atoms with Gasteiger partial charge in [-0.3, -0.25) is 9.48 Å². The predicted molar refractivity (Wildman–Crippen MR) is 86.3 cm³/mol. The largest absolute Gasteiger partial charge is 0.478 e. The van der Waals surface area contributed by atoms with E-state index in [1.54, 1.807) is 49.1 Å². The highest BCUT2D eigenvalue weighted by Gasteiger charge is 2.40. The lowest BCUT2D eigenvalue weighted by molar-refractivity contribution is -0.152. The molecule has 0 atom stereocenters. The molecule has 0 spiro atoms. The molecule has 0 unspecified atom stereocenters. The molecule has 1 amide bonds. The molecule has 1 aliphatic heterocycles. The Hall–Kier alpha value is -2.08. The lowest BCUT2D eigenvalue weighted by Gasteiger charge is -2.42. The summed E-state index contributed by atoms with van der Waals surface area (Å²) in [5.41, 5.74) is -0.911. The zero-order valence-corrected chi connectivity index (χ0v) is 13.9. The fourth-order valence-electron chi connectivity index (χ4n) is 2.66. The van der Waals surface area contributed by atoms with Gasteiger partial charge in [-0.1, -0.05) is 11.6 Å². The maximum Gasteiger partial charge on any atom is 0.266 e. The number of carbonyl (C=O) groups excluding carboxylic acids is 1. The molecule has 2 aromatic rings. The molecule has 0 bridgehead atoms. The van der Waals surface area contributed by atoms with Crippen molar-refractivity contribution in [1.82, 2.24) is 19.7 Å². The lowest BCUT2D eigenvalue weighted by Crippen LogP contribution is -2.58. The van der Waals surface area contributed by atoms with E-state index < -0.39 is 5.60 Å². The van der Waals surface area contributed by atoms with E-state index >= 15 is 0 Å². The van der Waals surface area contributed by atoms with Crippen molar-refractivity contribution in [2.24, 2.45) is 5.92 Å². The average Bonchev–Trinajstić information content (AvgIpc) is 2.97. The van der Waals surface area contributed by atoms with Gasteiger partial charge in [-0.25, -0.2) is 4.98 Å². The third kappa shape index (κ3) is 3.64. The summed E-state index contributed by atoms with van der Waals surface area (Å²) < 4.78 is 7.63. The monoisotopic (exact) mass is 334 g/mol. The van der Waals surface area contributed by atoms with Crippen LogP contribution in [0, 0.1) is 5.92 Å². The Balaban J connectivity index is 1.54. The van der Waals surface area contributed by atoms with E-state index in [2.05, 4.69) is 10.1 Å². The van der Waals surface area contributed by atoms with Crippen molar-refractivity contribution in [1.29, 1.82) is 0 Å². The van der Waals surface area contributed by atoms with Crippen molar-refractivity contribution < 1.29 is 9.53 Å². The van der Waals surface area contributed by atoms with Gasteiger partial charge in [0.1, 0.15) is 18.4 Å². The Morgan fingerprint density at radius 3 is 2.65 bits per heavy atom. The Bertz CT molecular complexity index is 664. The van der Waals surface area contributed by atoms with E-state index in [1.165, 1.54) is 6.33 Å². The summed E-state index contributed by atoms with van der Waals surface area (Å²) in [5, 5.41) is 4.73. The van der Waals surface area contributed by atoms with E-state index in [-0.39, 0.29) is 5.91 Å². The molecule has 6 nitrogen and oxygen atoms in total. The number of likely N-dealkylation sites (tertiary alicyclic amines) is 1. The highest BCUT2D eigenvalue weighted by Crippen LogP contribution is 2.26. The molecule has 0 aliphatic carbocycles. The molecule has 1 aromatic heterocycles. The van der Waals surface area contributed by atoms with Crippen LogP contribution in [0.5, 0.6) is 5.75 Å². The Morgan fingerprint density at radius 1 is 1.35 bits per heavy atom. The molecule has 3 rings (SSSR count). The van der Waals surface area contributed by atoms with Crippen LogP contribution < -0.4 is 4.74 Å². The Morgan fingerprint density at radius 2 is 2.04 bits per heavy atom. The van der Waals surface area contributed by atoms with Crippen molar-refractivity contribution in [3.8, 4) is 5.75 Å². The molecule has 7 heteroatoms. The smallest absolute Gasteiger partial charge is 0.266 e. The van der Waals surface area contributed by atoms with Crippen LogP contribution in [0.25, 0.3) is 0 Å². The molecule has 0 N–H and O–H groups in total. The number of hydrogen-bond donors (Lipinski definition) is 0. The summed E-state index contributed by atoms with van der Waals surface area (Å²) in [6.07, 6.45) is 3.21. The average molecular weight is 335 g/mol. The van der Waals surface area contributed by atoms with E-state index in [9.17, 15) is 4.79 Å². The minimum absolute atomic E-state index is 0.0118. The van der Waals surface area contributed by atoms with Crippen LogP contribution >= 0.6 is 11.6 Å². The third-order valence-electron chi connectivity index (χ3n) is 3.86. The van der Waals surface area contributed by atoms with Crippen molar-refractivity contribution in [3.05, 3.63) is 41.9 Å². The standard InChI is InChI=1S/C16H19ClN4O2/c1-16(2,23-14-5-3-13(17)4-6-14)15(22)20-7-12(8-20)9-21-11-18-10-19-21/h3-6,10-12H,7-9H2,1-2H3. The molecule has 122 valence electrons. The molecular formula is C16H19ClN4O2. The number of halogens is 1. The molecule has 0 saturated carbocycles. The summed E-state index contributed by atoms with van der Waals surface area (Å²) in [6, 6.07) is 7.02. The molecule has 0 radical (unpaired) electrons. The molecule has 2 heterocycles. The zero-order valence-electron chi connectivity index (χ0n) is 13.1. The summed E-state index contributed by atoms with van der Waals surface area (Å²) in [4.78, 5) is 18.3. The van der Waals surface area contributed by atoms with E-state index in [0.717, 1.165) is 6.54 Å². The first-order valence-electron chi connectivity index (χ1n) is 7.50. The first-order valence-corrected chi connectivity index (χ1v) is 7.88. The maximum atomic E-state index is 12.6. The van der Waals surface area contributed by atoms with Crippen molar-refractivity contribution in [3.63, 3.8) is 0 Å². The molecule has 1 fully saturated rings. The second-order valence-corrected chi connectivity index (χ2v) is 6.70. The fourth-order valence-corrected chi connectivity index (χ4v) is 2.79. The number of nitrogens with zero attached hydrogens (tertiary/aromatic N) is 4. The van der Waals surface area contributed by atoms with Gasteiger partial charge in [0.05, 0.1) is 0 Å². The highest BCUT2D eigenvalue weighted by molar-refractivity contribution is 6.30. The van der Waals surface area contributed by atoms with Gasteiger partial charge in [-0.15, -0.1) is 0 Å². The SMILES string of the molecule is CC(C)(Oc1ccc(Cl)cc1)C(=O)N1CC(Cn2cncn2)C1. The third-order valence-corrected chi connectivity index (χ3v) is 4.11. The van der Waals surface area contributed by atoms with Crippen LogP contribution in [0.4, 0.5) is 0 Å². The van der Waals surface area contributed by atoms with Gasteiger partial charge in [-0.2, -0.15) is 5.10 Å². The van der Waals surface area contributed by atoms with Crippen molar-refractivity contribution >= 4 is 17.5 Å². The minimum Gasteiger partial charge on any atom is -0.478 e. The van der Waals surface area contributed by atoms with Gasteiger partial charge >= 0.3 is 0 Å². The van der Waals surface area contributed by atoms with Crippen LogP contribution in [0.3, 0.4) is 0 Å². The Kier molecular flexibility index (Phi) is 4.26. The number of hydrogen-bond acceptors (Lipinski definition) is 4. The van der Waals surface area contributed by atoms with E-state index in [1.807, 2.05) is 4.90 Å². The van der Waals surface area contributed by atoms with Gasteiger partial charge in [0, 0.05) is 30.6 Å². The summed E-state index contributed by atoms with van der Waals surface area (Å²) in [6.45, 7) is 5.78. The van der Waals surface area contributed by atoms with Gasteiger partial charge < -0.3 is 9.64 Å². The summed E-state index contributed by atoms with van der Waals surface area (Å²) >= 11 is 5.86. The predicted octanol–water partition coefficient (Wildman–Crippen LogP) is 2.25. The molecule has 1 saturated heterocycles. The Labute approximate surface area is 140 Å². The second-order valence-electron chi connectivity index (χ2n) is 6.26. The van der Waals surface area contributed by atoms with Gasteiger partial charge in [-0.05, 0) is 38.1 Å². The number of benzene rings is 1. The molecular weight excluding hydrogens is 316 g/mol. The van der Waals surface area contributed by atoms with Crippen LogP contribution in [-0.2, 0) is 11.3 Å². The maximum absolute atomic E-state index is 12.6. The molecule has 1 aromatic carbocycles. The number of rotatable bonds is 5. The van der Waals surface area contributed by atoms with Gasteiger partial charge in [0.2, 0.25) is 0 Å². The number of carbonyl (C=O) groups is 1. The van der Waals surface area contributed by atoms with E-state index in [4.69, 9.17) is 16.3 Å². The van der Waals surface area contributed by atoms with Crippen molar-refractivity contribution in [2.75, 3.05) is 13.1 Å². The topological polar surface area (TPSA) is 60.2 Å². The first kappa shape index (κ1) is 15.8. The van der Waals surface area contributed by atoms with Crippen LogP contribution in [0.1, 0.15) is 13.8 Å². The van der Waals surface area contributed by atoms with Gasteiger partial charge in [0.15, 0.2) is 5.60 Å². The summed E-state index contributed by atoms with van der Waals surface area (Å²) in [7, 11) is 0. The normalized spacial score (nSPS) is 15.3.